The summed E-state index contributed by atoms with van der Waals surface area (Å²) in [6, 6.07) is 7.98. The number of aromatic nitrogens is 2. The second kappa shape index (κ2) is 8.97. The molecule has 1 unspecified atom stereocenters. The van der Waals surface area contributed by atoms with E-state index in [4.69, 9.17) is 9.47 Å². The van der Waals surface area contributed by atoms with E-state index in [0.29, 0.717) is 13.2 Å². The Kier molecular flexibility index (Phi) is 6.16. The molecule has 0 saturated carbocycles. The highest BCUT2D eigenvalue weighted by Gasteiger charge is 2.41. The van der Waals surface area contributed by atoms with Crippen molar-refractivity contribution >= 4 is 5.91 Å². The van der Waals surface area contributed by atoms with Crippen LogP contribution < -0.4 is 15.4 Å². The van der Waals surface area contributed by atoms with Crippen LogP contribution in [-0.2, 0) is 21.6 Å². The highest BCUT2D eigenvalue weighted by molar-refractivity contribution is 5.84. The number of carbonyl (C=O) groups is 1. The molecule has 0 bridgehead atoms. The van der Waals surface area contributed by atoms with E-state index in [1.807, 2.05) is 42.1 Å². The monoisotopic (exact) mass is 398 g/mol. The Bertz CT molecular complexity index is 809. The van der Waals surface area contributed by atoms with Crippen molar-refractivity contribution in [2.45, 2.75) is 50.8 Å². The molecule has 0 aliphatic carbocycles. The molecule has 2 aliphatic heterocycles. The summed E-state index contributed by atoms with van der Waals surface area (Å²) in [4.78, 5) is 13.3. The first-order valence-corrected chi connectivity index (χ1v) is 10.5. The van der Waals surface area contributed by atoms with Crippen LogP contribution in [0.2, 0.25) is 0 Å². The second-order valence-corrected chi connectivity index (χ2v) is 7.97. The number of carbonyl (C=O) groups excluding carboxylic acids is 1. The van der Waals surface area contributed by atoms with Gasteiger partial charge in [0.2, 0.25) is 5.91 Å². The van der Waals surface area contributed by atoms with E-state index < -0.39 is 5.54 Å². The highest BCUT2D eigenvalue weighted by Crippen LogP contribution is 2.28. The molecule has 2 N–H and O–H groups in total. The minimum atomic E-state index is -0.641. The third-order valence-electron chi connectivity index (χ3n) is 5.91. The summed E-state index contributed by atoms with van der Waals surface area (Å²) >= 11 is 0. The maximum Gasteiger partial charge on any atom is 0.248 e. The van der Waals surface area contributed by atoms with Crippen molar-refractivity contribution in [2.24, 2.45) is 0 Å². The number of piperidine rings is 1. The molecule has 4 rings (SSSR count). The summed E-state index contributed by atoms with van der Waals surface area (Å²) in [7, 11) is 0. The quantitative estimate of drug-likeness (QED) is 0.747. The maximum atomic E-state index is 13.3. The molecule has 1 amide bonds. The van der Waals surface area contributed by atoms with Gasteiger partial charge in [-0.1, -0.05) is 12.1 Å². The molecule has 2 aliphatic rings. The van der Waals surface area contributed by atoms with Crippen LogP contribution in [-0.4, -0.2) is 48.1 Å². The SMILES string of the molecule is Cc1ccc(CNC(=O)C2(n3cccn3)CCNCC2)c(OCC2CCCO2)c1. The van der Waals surface area contributed by atoms with Gasteiger partial charge in [-0.05, 0) is 63.4 Å². The molecular formula is C22H30N4O3. The average Bonchev–Trinajstić information content (AvgIpc) is 3.46. The van der Waals surface area contributed by atoms with Gasteiger partial charge < -0.3 is 20.1 Å². The minimum absolute atomic E-state index is 0.00773. The summed E-state index contributed by atoms with van der Waals surface area (Å²) in [6.45, 7) is 5.43. The summed E-state index contributed by atoms with van der Waals surface area (Å²) in [5, 5.41) is 10.9. The summed E-state index contributed by atoms with van der Waals surface area (Å²) in [6.07, 6.45) is 7.35. The fraction of sp³-hybridized carbons (Fsp3) is 0.545. The standard InChI is InChI=1S/C22H30N4O3/c1-17-5-6-18(20(14-17)29-16-19-4-2-13-28-19)15-24-21(27)22(7-10-23-11-8-22)26-12-3-9-25-26/h3,5-6,9,12,14,19,23H,2,4,7-8,10-11,13,15-16H2,1H3,(H,24,27). The van der Waals surface area contributed by atoms with Crippen LogP contribution in [0, 0.1) is 6.92 Å². The largest absolute Gasteiger partial charge is 0.491 e. The molecule has 7 nitrogen and oxygen atoms in total. The predicted octanol–water partition coefficient (Wildman–Crippen LogP) is 2.14. The Labute approximate surface area is 171 Å². The van der Waals surface area contributed by atoms with Gasteiger partial charge in [0.05, 0.1) is 6.10 Å². The lowest BCUT2D eigenvalue weighted by Gasteiger charge is -2.36. The van der Waals surface area contributed by atoms with Crippen molar-refractivity contribution in [1.82, 2.24) is 20.4 Å². The van der Waals surface area contributed by atoms with Gasteiger partial charge in [0.25, 0.3) is 0 Å². The molecule has 2 aromatic rings. The zero-order valence-electron chi connectivity index (χ0n) is 17.0. The van der Waals surface area contributed by atoms with Crippen LogP contribution in [0.5, 0.6) is 5.75 Å². The predicted molar refractivity (Wildman–Crippen MR) is 110 cm³/mol. The lowest BCUT2D eigenvalue weighted by Crippen LogP contribution is -2.54. The van der Waals surface area contributed by atoms with E-state index in [0.717, 1.165) is 62.3 Å². The van der Waals surface area contributed by atoms with Gasteiger partial charge in [-0.2, -0.15) is 5.10 Å². The van der Waals surface area contributed by atoms with E-state index in [2.05, 4.69) is 15.7 Å². The Morgan fingerprint density at radius 2 is 2.28 bits per heavy atom. The van der Waals surface area contributed by atoms with Crippen LogP contribution in [0.4, 0.5) is 0 Å². The Balaban J connectivity index is 1.45. The van der Waals surface area contributed by atoms with Gasteiger partial charge in [-0.25, -0.2) is 0 Å². The third kappa shape index (κ3) is 4.46. The van der Waals surface area contributed by atoms with Gasteiger partial charge >= 0.3 is 0 Å². The lowest BCUT2D eigenvalue weighted by atomic mass is 9.87. The summed E-state index contributed by atoms with van der Waals surface area (Å²) < 4.78 is 13.6. The smallest absolute Gasteiger partial charge is 0.248 e. The van der Waals surface area contributed by atoms with Gasteiger partial charge in [-0.3, -0.25) is 9.48 Å². The number of nitrogens with one attached hydrogen (secondary N) is 2. The molecule has 7 heteroatoms. The van der Waals surface area contributed by atoms with Crippen molar-refractivity contribution in [3.05, 3.63) is 47.8 Å². The number of ether oxygens (including phenoxy) is 2. The molecule has 0 radical (unpaired) electrons. The number of hydrogen-bond acceptors (Lipinski definition) is 5. The highest BCUT2D eigenvalue weighted by atomic mass is 16.5. The van der Waals surface area contributed by atoms with Gasteiger partial charge in [0.15, 0.2) is 0 Å². The zero-order chi connectivity index (χ0) is 20.1. The molecule has 2 fully saturated rings. The topological polar surface area (TPSA) is 77.4 Å². The fourth-order valence-corrected chi connectivity index (χ4v) is 4.16. The van der Waals surface area contributed by atoms with Crippen molar-refractivity contribution in [2.75, 3.05) is 26.3 Å². The average molecular weight is 399 g/mol. The maximum absolute atomic E-state index is 13.3. The van der Waals surface area contributed by atoms with E-state index in [1.54, 1.807) is 6.20 Å². The van der Waals surface area contributed by atoms with E-state index in [1.165, 1.54) is 0 Å². The molecular weight excluding hydrogens is 368 g/mol. The fourth-order valence-electron chi connectivity index (χ4n) is 4.16. The molecule has 29 heavy (non-hydrogen) atoms. The van der Waals surface area contributed by atoms with Crippen LogP contribution in [0.1, 0.15) is 36.8 Å². The number of nitrogens with zero attached hydrogens (tertiary/aromatic N) is 2. The minimum Gasteiger partial charge on any atom is -0.491 e. The number of benzene rings is 1. The number of hydrogen-bond donors (Lipinski definition) is 2. The van der Waals surface area contributed by atoms with Crippen LogP contribution in [0.15, 0.2) is 36.7 Å². The first-order chi connectivity index (χ1) is 14.2. The van der Waals surface area contributed by atoms with E-state index in [9.17, 15) is 4.79 Å². The molecule has 156 valence electrons. The van der Waals surface area contributed by atoms with Gasteiger partial charge in [0.1, 0.15) is 17.9 Å². The molecule has 1 atom stereocenters. The number of aryl methyl sites for hydroxylation is 1. The zero-order valence-corrected chi connectivity index (χ0v) is 17.0. The van der Waals surface area contributed by atoms with Crippen molar-refractivity contribution < 1.29 is 14.3 Å². The van der Waals surface area contributed by atoms with Crippen molar-refractivity contribution in [1.29, 1.82) is 0 Å². The Morgan fingerprint density at radius 3 is 3.00 bits per heavy atom. The van der Waals surface area contributed by atoms with Crippen LogP contribution >= 0.6 is 0 Å². The van der Waals surface area contributed by atoms with Crippen molar-refractivity contribution in [3.8, 4) is 5.75 Å². The normalized spacial score (nSPS) is 21.1. The molecule has 0 spiro atoms. The molecule has 1 aromatic heterocycles. The summed E-state index contributed by atoms with van der Waals surface area (Å²) in [5.41, 5.74) is 1.47. The van der Waals surface area contributed by atoms with E-state index >= 15 is 0 Å². The van der Waals surface area contributed by atoms with Gasteiger partial charge in [0, 0.05) is 31.1 Å². The first kappa shape index (κ1) is 19.9. The Morgan fingerprint density at radius 1 is 1.41 bits per heavy atom. The van der Waals surface area contributed by atoms with Crippen LogP contribution in [0.3, 0.4) is 0 Å². The second-order valence-electron chi connectivity index (χ2n) is 7.97. The molecule has 2 saturated heterocycles. The van der Waals surface area contributed by atoms with Gasteiger partial charge in [-0.15, -0.1) is 0 Å². The number of rotatable bonds is 7. The Hall–Kier alpha value is -2.38. The van der Waals surface area contributed by atoms with E-state index in [-0.39, 0.29) is 12.0 Å². The number of amides is 1. The third-order valence-corrected chi connectivity index (χ3v) is 5.91. The van der Waals surface area contributed by atoms with Crippen LogP contribution in [0.25, 0.3) is 0 Å². The first-order valence-electron chi connectivity index (χ1n) is 10.5. The van der Waals surface area contributed by atoms with Crippen molar-refractivity contribution in [3.63, 3.8) is 0 Å². The lowest BCUT2D eigenvalue weighted by molar-refractivity contribution is -0.132. The molecule has 1 aromatic carbocycles. The summed E-state index contributed by atoms with van der Waals surface area (Å²) in [5.74, 6) is 0.826. The molecule has 3 heterocycles.